The monoisotopic (exact) mass is 489 g/mol. The molecule has 1 amide bonds. The third-order valence-corrected chi connectivity index (χ3v) is 5.94. The third kappa shape index (κ3) is 5.96. The lowest BCUT2D eigenvalue weighted by Crippen LogP contribution is -2.25. The van der Waals surface area contributed by atoms with Crippen molar-refractivity contribution in [2.45, 2.75) is 26.9 Å². The highest BCUT2D eigenvalue weighted by Crippen LogP contribution is 2.32. The fraction of sp³-hybridized carbons (Fsp3) is 0.222. The van der Waals surface area contributed by atoms with Gasteiger partial charge in [0.2, 0.25) is 5.13 Å². The second kappa shape index (κ2) is 11.0. The van der Waals surface area contributed by atoms with E-state index in [1.807, 2.05) is 63.2 Å². The summed E-state index contributed by atoms with van der Waals surface area (Å²) in [6.07, 6.45) is 1.68. The van der Waals surface area contributed by atoms with E-state index in [0.717, 1.165) is 27.3 Å². The summed E-state index contributed by atoms with van der Waals surface area (Å²) in [6, 6.07) is 20.1. The van der Waals surface area contributed by atoms with Gasteiger partial charge >= 0.3 is 0 Å². The van der Waals surface area contributed by atoms with Gasteiger partial charge in [-0.25, -0.2) is 4.98 Å². The molecular formula is C27H27N3O4S. The number of hydrogen-bond donors (Lipinski definition) is 0. The largest absolute Gasteiger partial charge is 0.497 e. The predicted octanol–water partition coefficient (Wildman–Crippen LogP) is 6.17. The number of methoxy groups -OCH3 is 1. The van der Waals surface area contributed by atoms with Crippen molar-refractivity contribution < 1.29 is 19.0 Å². The summed E-state index contributed by atoms with van der Waals surface area (Å²) in [5, 5.41) is 6.31. The maximum Gasteiger partial charge on any atom is 0.280 e. The Labute approximate surface area is 208 Å². The zero-order valence-electron chi connectivity index (χ0n) is 20.1. The quantitative estimate of drug-likeness (QED) is 0.208. The standard InChI is InChI=1S/C27H27N3O4S/c1-5-33-21-10-6-19(7-11-21)17-28-30(26(31)20-8-12-22(13-9-20)34-18(2)3)27-29-24-15-14-23(32-4)16-25(24)35-27/h6-18H,5H2,1-4H3/b28-17+. The Kier molecular flexibility index (Phi) is 7.62. The number of rotatable bonds is 9. The number of aromatic nitrogens is 1. The minimum Gasteiger partial charge on any atom is -0.497 e. The van der Waals surface area contributed by atoms with Crippen molar-refractivity contribution in [2.24, 2.45) is 5.10 Å². The maximum absolute atomic E-state index is 13.5. The number of hydrazone groups is 1. The molecule has 0 N–H and O–H groups in total. The summed E-state index contributed by atoms with van der Waals surface area (Å²) in [5.74, 6) is 1.91. The first-order valence-corrected chi connectivity index (χ1v) is 12.1. The maximum atomic E-state index is 13.5. The fourth-order valence-electron chi connectivity index (χ4n) is 3.31. The molecule has 4 rings (SSSR count). The van der Waals surface area contributed by atoms with Crippen molar-refractivity contribution in [1.82, 2.24) is 4.98 Å². The van der Waals surface area contributed by atoms with Crippen LogP contribution in [0.2, 0.25) is 0 Å². The molecule has 3 aromatic carbocycles. The normalized spacial score (nSPS) is 11.2. The van der Waals surface area contributed by atoms with Crippen LogP contribution in [0.3, 0.4) is 0 Å². The van der Waals surface area contributed by atoms with Gasteiger partial charge in [0, 0.05) is 5.56 Å². The van der Waals surface area contributed by atoms with Gasteiger partial charge in [0.1, 0.15) is 17.2 Å². The molecule has 0 radical (unpaired) electrons. The van der Waals surface area contributed by atoms with Gasteiger partial charge in [-0.3, -0.25) is 4.79 Å². The predicted molar refractivity (Wildman–Crippen MR) is 140 cm³/mol. The van der Waals surface area contributed by atoms with Gasteiger partial charge < -0.3 is 14.2 Å². The van der Waals surface area contributed by atoms with E-state index in [1.165, 1.54) is 16.3 Å². The number of thiazole rings is 1. The van der Waals surface area contributed by atoms with Crippen LogP contribution in [0.15, 0.2) is 71.8 Å². The van der Waals surface area contributed by atoms with Crippen molar-refractivity contribution in [3.05, 3.63) is 77.9 Å². The van der Waals surface area contributed by atoms with Crippen molar-refractivity contribution in [1.29, 1.82) is 0 Å². The number of carbonyl (C=O) groups is 1. The second-order valence-corrected chi connectivity index (χ2v) is 8.89. The van der Waals surface area contributed by atoms with Crippen LogP contribution in [0.25, 0.3) is 10.2 Å². The number of nitrogens with zero attached hydrogens (tertiary/aromatic N) is 3. The van der Waals surface area contributed by atoms with E-state index >= 15 is 0 Å². The Hall–Kier alpha value is -3.91. The molecule has 7 nitrogen and oxygen atoms in total. The summed E-state index contributed by atoms with van der Waals surface area (Å²) in [4.78, 5) is 18.2. The number of carbonyl (C=O) groups excluding carboxylic acids is 1. The molecule has 8 heteroatoms. The van der Waals surface area contributed by atoms with Gasteiger partial charge in [-0.1, -0.05) is 11.3 Å². The van der Waals surface area contributed by atoms with Crippen LogP contribution in [0.4, 0.5) is 5.13 Å². The van der Waals surface area contributed by atoms with Crippen LogP contribution in [0, 0.1) is 0 Å². The zero-order valence-corrected chi connectivity index (χ0v) is 20.9. The van der Waals surface area contributed by atoms with Gasteiger partial charge in [0.25, 0.3) is 5.91 Å². The molecule has 4 aromatic rings. The van der Waals surface area contributed by atoms with Gasteiger partial charge in [-0.15, -0.1) is 0 Å². The highest BCUT2D eigenvalue weighted by molar-refractivity contribution is 7.22. The molecule has 0 saturated carbocycles. The van der Waals surface area contributed by atoms with E-state index in [-0.39, 0.29) is 12.0 Å². The first-order valence-electron chi connectivity index (χ1n) is 11.3. The molecule has 0 fully saturated rings. The van der Waals surface area contributed by atoms with Crippen LogP contribution < -0.4 is 19.2 Å². The summed E-state index contributed by atoms with van der Waals surface area (Å²) in [7, 11) is 1.62. The van der Waals surface area contributed by atoms with Gasteiger partial charge in [0.05, 0.1) is 36.3 Å². The molecule has 1 heterocycles. The van der Waals surface area contributed by atoms with E-state index in [0.29, 0.717) is 23.1 Å². The Morgan fingerprint density at radius 2 is 1.71 bits per heavy atom. The van der Waals surface area contributed by atoms with Crippen LogP contribution in [-0.4, -0.2) is 36.9 Å². The van der Waals surface area contributed by atoms with Gasteiger partial charge in [0.15, 0.2) is 0 Å². The van der Waals surface area contributed by atoms with Crippen molar-refractivity contribution in [3.63, 3.8) is 0 Å². The molecule has 0 spiro atoms. The summed E-state index contributed by atoms with van der Waals surface area (Å²) in [5.41, 5.74) is 2.07. The number of anilines is 1. The van der Waals surface area contributed by atoms with E-state index in [2.05, 4.69) is 10.1 Å². The summed E-state index contributed by atoms with van der Waals surface area (Å²) in [6.45, 7) is 6.45. The minimum absolute atomic E-state index is 0.0477. The van der Waals surface area contributed by atoms with Crippen molar-refractivity contribution in [2.75, 3.05) is 18.7 Å². The van der Waals surface area contributed by atoms with Crippen LogP contribution >= 0.6 is 11.3 Å². The minimum atomic E-state index is -0.297. The van der Waals surface area contributed by atoms with E-state index in [1.54, 1.807) is 37.6 Å². The van der Waals surface area contributed by atoms with Crippen LogP contribution in [0.1, 0.15) is 36.7 Å². The Morgan fingerprint density at radius 3 is 2.37 bits per heavy atom. The molecule has 0 unspecified atom stereocenters. The molecule has 35 heavy (non-hydrogen) atoms. The SMILES string of the molecule is CCOc1ccc(/C=N/N(C(=O)c2ccc(OC(C)C)cc2)c2nc3ccc(OC)cc3s2)cc1. The number of ether oxygens (including phenoxy) is 3. The number of benzene rings is 3. The number of fused-ring (bicyclic) bond motifs is 1. The van der Waals surface area contributed by atoms with Crippen molar-refractivity contribution in [3.8, 4) is 17.2 Å². The summed E-state index contributed by atoms with van der Waals surface area (Å²) >= 11 is 1.37. The van der Waals surface area contributed by atoms with E-state index in [4.69, 9.17) is 14.2 Å². The Balaban J connectivity index is 1.67. The lowest BCUT2D eigenvalue weighted by atomic mass is 10.2. The topological polar surface area (TPSA) is 73.2 Å². The molecule has 0 bridgehead atoms. The molecule has 0 saturated heterocycles. The fourth-order valence-corrected chi connectivity index (χ4v) is 4.26. The lowest BCUT2D eigenvalue weighted by molar-refractivity contribution is 0.0988. The highest BCUT2D eigenvalue weighted by Gasteiger charge is 2.21. The number of amides is 1. The van der Waals surface area contributed by atoms with E-state index in [9.17, 15) is 4.79 Å². The molecule has 0 aliphatic rings. The molecular weight excluding hydrogens is 462 g/mol. The lowest BCUT2D eigenvalue weighted by Gasteiger charge is -2.15. The number of hydrogen-bond acceptors (Lipinski definition) is 7. The average molecular weight is 490 g/mol. The molecule has 0 aliphatic carbocycles. The van der Waals surface area contributed by atoms with Crippen molar-refractivity contribution >= 4 is 38.8 Å². The van der Waals surface area contributed by atoms with Gasteiger partial charge in [-0.2, -0.15) is 10.1 Å². The van der Waals surface area contributed by atoms with E-state index < -0.39 is 0 Å². The molecule has 0 atom stereocenters. The van der Waals surface area contributed by atoms with Gasteiger partial charge in [-0.05, 0) is 93.1 Å². The third-order valence-electron chi connectivity index (χ3n) is 4.94. The molecule has 1 aromatic heterocycles. The smallest absolute Gasteiger partial charge is 0.280 e. The summed E-state index contributed by atoms with van der Waals surface area (Å²) < 4.78 is 17.4. The zero-order chi connectivity index (χ0) is 24.8. The Bertz CT molecular complexity index is 1310. The second-order valence-electron chi connectivity index (χ2n) is 7.88. The first-order chi connectivity index (χ1) is 17.0. The van der Waals surface area contributed by atoms with Crippen LogP contribution in [0.5, 0.6) is 17.2 Å². The van der Waals surface area contributed by atoms with Crippen LogP contribution in [-0.2, 0) is 0 Å². The average Bonchev–Trinajstić information content (AvgIpc) is 3.28. The molecule has 180 valence electrons. The molecule has 0 aliphatic heterocycles. The highest BCUT2D eigenvalue weighted by atomic mass is 32.1. The first kappa shape index (κ1) is 24.2. The Morgan fingerprint density at radius 1 is 1.03 bits per heavy atom.